The molecule has 2 aromatic rings. The predicted octanol–water partition coefficient (Wildman–Crippen LogP) is 2.99. The highest BCUT2D eigenvalue weighted by Gasteiger charge is 2.60. The molecule has 0 aromatic heterocycles. The quantitative estimate of drug-likeness (QED) is 0.734. The molecule has 1 heterocycles. The minimum absolute atomic E-state index is 0.0553. The number of carbonyl (C=O) groups excluding carboxylic acids is 2. The molecule has 0 unspecified atom stereocenters. The normalized spacial score (nSPS) is 23.3. The molecule has 2 amide bonds. The number of halogens is 4. The van der Waals surface area contributed by atoms with Gasteiger partial charge in [-0.2, -0.15) is 18.4 Å². The maximum absolute atomic E-state index is 14.5. The van der Waals surface area contributed by atoms with Crippen LogP contribution in [-0.2, 0) is 22.3 Å². The fourth-order valence-electron chi connectivity index (χ4n) is 4.22. The van der Waals surface area contributed by atoms with Crippen LogP contribution in [-0.4, -0.2) is 40.0 Å². The van der Waals surface area contributed by atoms with Gasteiger partial charge in [-0.25, -0.2) is 4.39 Å². The van der Waals surface area contributed by atoms with Crippen LogP contribution in [0.3, 0.4) is 0 Å². The zero-order chi connectivity index (χ0) is 23.3. The number of piperazine rings is 1. The largest absolute Gasteiger partial charge is 0.416 e. The highest BCUT2D eigenvalue weighted by atomic mass is 19.4. The van der Waals surface area contributed by atoms with Crippen molar-refractivity contribution in [2.75, 3.05) is 11.4 Å². The van der Waals surface area contributed by atoms with Crippen LogP contribution >= 0.6 is 0 Å². The summed E-state index contributed by atoms with van der Waals surface area (Å²) in [5, 5.41) is 18.8. The SMILES string of the molecule is N#Cc1ccc(N2CC(=O)N(Cc3ccc(C(F)(F)F)cc3)[C@]3(C[C@H](O)C3)C2=O)c(F)c1. The molecule has 0 bridgehead atoms. The van der Waals surface area contributed by atoms with E-state index in [-0.39, 0.29) is 30.6 Å². The number of nitriles is 1. The lowest BCUT2D eigenvalue weighted by Gasteiger charge is -2.55. The summed E-state index contributed by atoms with van der Waals surface area (Å²) in [6, 6.07) is 9.57. The number of alkyl halides is 3. The minimum atomic E-state index is -4.50. The van der Waals surface area contributed by atoms with Crippen molar-refractivity contribution < 1.29 is 32.3 Å². The zero-order valence-corrected chi connectivity index (χ0v) is 16.6. The maximum Gasteiger partial charge on any atom is 0.416 e. The highest BCUT2D eigenvalue weighted by molar-refractivity contribution is 6.09. The molecule has 2 fully saturated rings. The van der Waals surface area contributed by atoms with Gasteiger partial charge in [0.05, 0.1) is 29.0 Å². The van der Waals surface area contributed by atoms with Gasteiger partial charge < -0.3 is 10.0 Å². The Hall–Kier alpha value is -3.45. The molecule has 32 heavy (non-hydrogen) atoms. The van der Waals surface area contributed by atoms with Crippen LogP contribution in [0.25, 0.3) is 0 Å². The third kappa shape index (κ3) is 3.58. The van der Waals surface area contributed by atoms with Crippen LogP contribution < -0.4 is 4.90 Å². The van der Waals surface area contributed by atoms with Gasteiger partial charge in [-0.05, 0) is 35.9 Å². The number of amides is 2. The number of anilines is 1. The van der Waals surface area contributed by atoms with Gasteiger partial charge in [-0.3, -0.25) is 14.5 Å². The van der Waals surface area contributed by atoms with Crippen LogP contribution in [0.4, 0.5) is 23.2 Å². The highest BCUT2D eigenvalue weighted by Crippen LogP contribution is 2.44. The number of nitrogens with zero attached hydrogens (tertiary/aromatic N) is 3. The third-order valence-corrected chi connectivity index (χ3v) is 5.89. The number of carbonyl (C=O) groups is 2. The van der Waals surface area contributed by atoms with E-state index in [0.717, 1.165) is 23.1 Å². The van der Waals surface area contributed by atoms with Crippen molar-refractivity contribution in [2.45, 2.75) is 37.2 Å². The first-order chi connectivity index (χ1) is 15.0. The molecule has 6 nitrogen and oxygen atoms in total. The molecule has 1 N–H and O–H groups in total. The Morgan fingerprint density at radius 1 is 1.12 bits per heavy atom. The van der Waals surface area contributed by atoms with Crippen LogP contribution in [0, 0.1) is 17.1 Å². The first-order valence-corrected chi connectivity index (χ1v) is 9.71. The first-order valence-electron chi connectivity index (χ1n) is 9.71. The minimum Gasteiger partial charge on any atom is -0.393 e. The van der Waals surface area contributed by atoms with Crippen LogP contribution in [0.5, 0.6) is 0 Å². The average molecular weight is 447 g/mol. The van der Waals surface area contributed by atoms with Crippen molar-refractivity contribution in [3.8, 4) is 6.07 Å². The Morgan fingerprint density at radius 3 is 2.31 bits per heavy atom. The van der Waals surface area contributed by atoms with E-state index in [1.54, 1.807) is 6.07 Å². The van der Waals surface area contributed by atoms with Crippen molar-refractivity contribution in [2.24, 2.45) is 0 Å². The molecule has 1 aliphatic heterocycles. The fraction of sp³-hybridized carbons (Fsp3) is 0.318. The van der Waals surface area contributed by atoms with E-state index in [0.29, 0.717) is 5.56 Å². The predicted molar refractivity (Wildman–Crippen MR) is 103 cm³/mol. The van der Waals surface area contributed by atoms with E-state index < -0.39 is 47.6 Å². The van der Waals surface area contributed by atoms with Crippen molar-refractivity contribution in [1.29, 1.82) is 5.26 Å². The standard InChI is InChI=1S/C22H17F4N3O3/c23-17-7-14(10-27)3-6-18(17)28-12-19(31)29(21(20(28)32)8-16(30)9-21)11-13-1-4-15(5-2-13)22(24,25)26/h1-7,16,30H,8-9,11-12H2/t16-,21-. The molecular formula is C22H17F4N3O3. The number of hydrogen-bond donors (Lipinski definition) is 1. The van der Waals surface area contributed by atoms with Crippen molar-refractivity contribution >= 4 is 17.5 Å². The topological polar surface area (TPSA) is 84.6 Å². The molecule has 1 saturated carbocycles. The second-order valence-corrected chi connectivity index (χ2v) is 7.94. The molecule has 0 radical (unpaired) electrons. The van der Waals surface area contributed by atoms with Gasteiger partial charge in [-0.15, -0.1) is 0 Å². The Kier molecular flexibility index (Phi) is 5.17. The Labute approximate surface area is 180 Å². The fourth-order valence-corrected chi connectivity index (χ4v) is 4.22. The Morgan fingerprint density at radius 2 is 1.78 bits per heavy atom. The molecule has 1 aliphatic carbocycles. The third-order valence-electron chi connectivity index (χ3n) is 5.89. The van der Waals surface area contributed by atoms with Gasteiger partial charge in [-0.1, -0.05) is 12.1 Å². The smallest absolute Gasteiger partial charge is 0.393 e. The van der Waals surface area contributed by atoms with E-state index in [4.69, 9.17) is 5.26 Å². The van der Waals surface area contributed by atoms with Crippen molar-refractivity contribution in [1.82, 2.24) is 4.90 Å². The van der Waals surface area contributed by atoms with Gasteiger partial charge in [0.15, 0.2) is 0 Å². The molecule has 1 saturated heterocycles. The Balaban J connectivity index is 1.64. The number of rotatable bonds is 3. The summed E-state index contributed by atoms with van der Waals surface area (Å²) in [6.45, 7) is -0.598. The molecule has 10 heteroatoms. The van der Waals surface area contributed by atoms with E-state index in [1.807, 2.05) is 0 Å². The molecule has 0 atom stereocenters. The van der Waals surface area contributed by atoms with E-state index in [1.165, 1.54) is 29.2 Å². The molecule has 4 rings (SSSR count). The summed E-state index contributed by atoms with van der Waals surface area (Å²) < 4.78 is 53.0. The van der Waals surface area contributed by atoms with Gasteiger partial charge >= 0.3 is 6.18 Å². The molecule has 1 spiro atoms. The lowest BCUT2D eigenvalue weighted by Crippen LogP contribution is -2.73. The maximum atomic E-state index is 14.5. The monoisotopic (exact) mass is 447 g/mol. The second-order valence-electron chi connectivity index (χ2n) is 7.94. The summed E-state index contributed by atoms with van der Waals surface area (Å²) in [6.07, 6.45) is -5.47. The number of hydrogen-bond acceptors (Lipinski definition) is 4. The summed E-state index contributed by atoms with van der Waals surface area (Å²) >= 11 is 0. The lowest BCUT2D eigenvalue weighted by atomic mass is 9.70. The number of aliphatic hydroxyl groups is 1. The summed E-state index contributed by atoms with van der Waals surface area (Å²) in [4.78, 5) is 28.6. The Bertz CT molecular complexity index is 1120. The van der Waals surface area contributed by atoms with Crippen LogP contribution in [0.15, 0.2) is 42.5 Å². The average Bonchev–Trinajstić information content (AvgIpc) is 2.72. The van der Waals surface area contributed by atoms with E-state index in [2.05, 4.69) is 0 Å². The van der Waals surface area contributed by atoms with Gasteiger partial charge in [0, 0.05) is 19.4 Å². The van der Waals surface area contributed by atoms with Crippen molar-refractivity contribution in [3.63, 3.8) is 0 Å². The molecule has 166 valence electrons. The van der Waals surface area contributed by atoms with E-state index >= 15 is 0 Å². The van der Waals surface area contributed by atoms with Crippen molar-refractivity contribution in [3.05, 3.63) is 65.0 Å². The first kappa shape index (κ1) is 21.8. The number of benzene rings is 2. The van der Waals surface area contributed by atoms with Gasteiger partial charge in [0.25, 0.3) is 5.91 Å². The second kappa shape index (κ2) is 7.60. The lowest BCUT2D eigenvalue weighted by molar-refractivity contribution is -0.167. The summed E-state index contributed by atoms with van der Waals surface area (Å²) in [5.41, 5.74) is -1.97. The number of aliphatic hydroxyl groups excluding tert-OH is 1. The zero-order valence-electron chi connectivity index (χ0n) is 16.6. The van der Waals surface area contributed by atoms with Gasteiger partial charge in [0.2, 0.25) is 5.91 Å². The molecule has 2 aromatic carbocycles. The molecular weight excluding hydrogens is 430 g/mol. The molecule has 2 aliphatic rings. The van der Waals surface area contributed by atoms with Crippen LogP contribution in [0.1, 0.15) is 29.5 Å². The summed E-state index contributed by atoms with van der Waals surface area (Å²) in [5.74, 6) is -1.95. The van der Waals surface area contributed by atoms with Crippen LogP contribution in [0.2, 0.25) is 0 Å². The van der Waals surface area contributed by atoms with Gasteiger partial charge in [0.1, 0.15) is 17.9 Å². The van der Waals surface area contributed by atoms with E-state index in [9.17, 15) is 32.3 Å². The summed E-state index contributed by atoms with van der Waals surface area (Å²) in [7, 11) is 0.